The van der Waals surface area contributed by atoms with Gasteiger partial charge in [-0.3, -0.25) is 0 Å². The first-order valence-electron chi connectivity index (χ1n) is 3.64. The maximum absolute atomic E-state index is 10.7. The van der Waals surface area contributed by atoms with Crippen LogP contribution in [0.2, 0.25) is 0 Å². The van der Waals surface area contributed by atoms with Gasteiger partial charge < -0.3 is 9.52 Å². The highest BCUT2D eigenvalue weighted by Gasteiger charge is 2.13. The molecule has 0 spiro atoms. The number of hydrogen-bond donors (Lipinski definition) is 1. The van der Waals surface area contributed by atoms with Gasteiger partial charge in [-0.2, -0.15) is 4.98 Å². The zero-order valence-electron chi connectivity index (χ0n) is 6.81. The average Bonchev–Trinajstić information content (AvgIpc) is 2.43. The first-order valence-corrected chi connectivity index (χ1v) is 3.64. The van der Waals surface area contributed by atoms with Gasteiger partial charge in [0.2, 0.25) is 0 Å². The molecule has 0 aliphatic rings. The molecule has 0 atom stereocenters. The minimum absolute atomic E-state index is 0.0885. The summed E-state index contributed by atoms with van der Waals surface area (Å²) in [6.07, 6.45) is 1.40. The van der Waals surface area contributed by atoms with Gasteiger partial charge in [-0.15, -0.1) is 0 Å². The van der Waals surface area contributed by atoms with Crippen LogP contribution in [-0.4, -0.2) is 21.0 Å². The van der Waals surface area contributed by atoms with Crippen molar-refractivity contribution in [3.05, 3.63) is 23.7 Å². The maximum Gasteiger partial charge on any atom is 0.339 e. The van der Waals surface area contributed by atoms with Crippen molar-refractivity contribution in [1.82, 2.24) is 9.97 Å². The van der Waals surface area contributed by atoms with Crippen molar-refractivity contribution >= 4 is 17.2 Å². The highest BCUT2D eigenvalue weighted by Crippen LogP contribution is 2.17. The minimum atomic E-state index is -1.04. The molecule has 2 aromatic rings. The Hall–Kier alpha value is -1.91. The number of oxazole rings is 1. The van der Waals surface area contributed by atoms with Gasteiger partial charge in [-0.1, -0.05) is 0 Å². The van der Waals surface area contributed by atoms with Crippen molar-refractivity contribution in [2.24, 2.45) is 0 Å². The highest BCUT2D eigenvalue weighted by molar-refractivity contribution is 5.98. The van der Waals surface area contributed by atoms with Gasteiger partial charge in [-0.25, -0.2) is 9.78 Å². The summed E-state index contributed by atoms with van der Waals surface area (Å²) in [6.45, 7) is 1.65. The second-order valence-electron chi connectivity index (χ2n) is 2.55. The smallest absolute Gasteiger partial charge is 0.339 e. The molecule has 0 saturated carbocycles. The van der Waals surface area contributed by atoms with E-state index in [0.717, 1.165) is 0 Å². The summed E-state index contributed by atoms with van der Waals surface area (Å²) in [5.74, 6) is -0.625. The van der Waals surface area contributed by atoms with Gasteiger partial charge in [0, 0.05) is 13.1 Å². The lowest BCUT2D eigenvalue weighted by molar-refractivity contribution is 0.0697. The number of carbonyl (C=O) groups is 1. The van der Waals surface area contributed by atoms with Gasteiger partial charge in [-0.05, 0) is 6.07 Å². The monoisotopic (exact) mass is 178 g/mol. The lowest BCUT2D eigenvalue weighted by atomic mass is 10.2. The summed E-state index contributed by atoms with van der Waals surface area (Å²) in [7, 11) is 0. The molecule has 0 saturated heterocycles. The zero-order chi connectivity index (χ0) is 9.42. The lowest BCUT2D eigenvalue weighted by Gasteiger charge is -1.91. The number of aromatic nitrogens is 2. The van der Waals surface area contributed by atoms with E-state index in [-0.39, 0.29) is 11.1 Å². The van der Waals surface area contributed by atoms with Crippen LogP contribution in [0.25, 0.3) is 11.2 Å². The summed E-state index contributed by atoms with van der Waals surface area (Å²) in [4.78, 5) is 18.5. The van der Waals surface area contributed by atoms with E-state index >= 15 is 0 Å². The Labute approximate surface area is 73.0 Å². The van der Waals surface area contributed by atoms with Crippen LogP contribution in [0, 0.1) is 6.92 Å². The number of nitrogens with zero attached hydrogens (tertiary/aromatic N) is 2. The number of aromatic carboxylic acids is 1. The lowest BCUT2D eigenvalue weighted by Crippen LogP contribution is -1.96. The predicted octanol–water partition coefficient (Wildman–Crippen LogP) is 1.23. The molecular weight excluding hydrogens is 172 g/mol. The molecule has 5 heteroatoms. The first-order chi connectivity index (χ1) is 6.18. The van der Waals surface area contributed by atoms with Crippen molar-refractivity contribution in [2.75, 3.05) is 0 Å². The van der Waals surface area contributed by atoms with Crippen LogP contribution >= 0.6 is 0 Å². The first kappa shape index (κ1) is 7.72. The minimum Gasteiger partial charge on any atom is -0.478 e. The fourth-order valence-corrected chi connectivity index (χ4v) is 1.11. The number of carboxylic acids is 1. The Balaban J connectivity index is 2.82. The summed E-state index contributed by atoms with van der Waals surface area (Å²) in [5, 5.41) is 8.78. The predicted molar refractivity (Wildman–Crippen MR) is 43.5 cm³/mol. The van der Waals surface area contributed by atoms with Crippen LogP contribution in [0.1, 0.15) is 16.2 Å². The quantitative estimate of drug-likeness (QED) is 0.710. The highest BCUT2D eigenvalue weighted by atomic mass is 16.4. The van der Waals surface area contributed by atoms with Crippen LogP contribution in [0.5, 0.6) is 0 Å². The van der Waals surface area contributed by atoms with Gasteiger partial charge >= 0.3 is 5.97 Å². The molecule has 0 bridgehead atoms. The molecule has 0 radical (unpaired) electrons. The molecule has 1 N–H and O–H groups in total. The van der Waals surface area contributed by atoms with Gasteiger partial charge in [0.05, 0.1) is 0 Å². The molecule has 5 nitrogen and oxygen atoms in total. The van der Waals surface area contributed by atoms with Crippen LogP contribution in [0.4, 0.5) is 0 Å². The van der Waals surface area contributed by atoms with E-state index in [4.69, 9.17) is 9.52 Å². The molecule has 2 aromatic heterocycles. The van der Waals surface area contributed by atoms with Crippen molar-refractivity contribution in [2.45, 2.75) is 6.92 Å². The van der Waals surface area contributed by atoms with Gasteiger partial charge in [0.15, 0.2) is 17.1 Å². The average molecular weight is 178 g/mol. The molecule has 0 unspecified atom stereocenters. The molecule has 66 valence electrons. The summed E-state index contributed by atoms with van der Waals surface area (Å²) in [5.41, 5.74) is 0.649. The molecule has 0 aliphatic heterocycles. The number of hydrogen-bond acceptors (Lipinski definition) is 4. The second-order valence-corrected chi connectivity index (χ2v) is 2.55. The van der Waals surface area contributed by atoms with Crippen LogP contribution in [-0.2, 0) is 0 Å². The maximum atomic E-state index is 10.7. The third kappa shape index (κ3) is 1.14. The van der Waals surface area contributed by atoms with Crippen molar-refractivity contribution in [1.29, 1.82) is 0 Å². The molecule has 0 fully saturated rings. The number of aryl methyl sites for hydroxylation is 1. The molecule has 0 amide bonds. The largest absolute Gasteiger partial charge is 0.478 e. The Bertz CT molecular complexity index is 475. The number of carboxylic acid groups (broad SMARTS) is 1. The summed E-state index contributed by atoms with van der Waals surface area (Å²) < 4.78 is 5.11. The van der Waals surface area contributed by atoms with E-state index in [1.807, 2.05) is 0 Å². The molecule has 2 rings (SSSR count). The molecular formula is C8H6N2O3. The SMILES string of the molecule is Cc1nc2nccc(C(=O)O)c2o1. The summed E-state index contributed by atoms with van der Waals surface area (Å²) >= 11 is 0. The number of pyridine rings is 1. The van der Waals surface area contributed by atoms with Gasteiger partial charge in [0.25, 0.3) is 0 Å². The molecule has 0 aromatic carbocycles. The van der Waals surface area contributed by atoms with Crippen molar-refractivity contribution in [3.63, 3.8) is 0 Å². The normalized spacial score (nSPS) is 10.5. The fraction of sp³-hybridized carbons (Fsp3) is 0.125. The third-order valence-electron chi connectivity index (χ3n) is 1.63. The fourth-order valence-electron chi connectivity index (χ4n) is 1.11. The number of rotatable bonds is 1. The molecule has 13 heavy (non-hydrogen) atoms. The Kier molecular flexibility index (Phi) is 1.51. The Morgan fingerprint density at radius 3 is 3.08 bits per heavy atom. The summed E-state index contributed by atoms with van der Waals surface area (Å²) in [6, 6.07) is 1.38. The van der Waals surface area contributed by atoms with E-state index in [1.54, 1.807) is 6.92 Å². The van der Waals surface area contributed by atoms with Crippen molar-refractivity contribution < 1.29 is 14.3 Å². The van der Waals surface area contributed by atoms with E-state index in [0.29, 0.717) is 11.5 Å². The van der Waals surface area contributed by atoms with Crippen molar-refractivity contribution in [3.8, 4) is 0 Å². The number of fused-ring (bicyclic) bond motifs is 1. The van der Waals surface area contributed by atoms with Gasteiger partial charge in [0.1, 0.15) is 5.56 Å². The van der Waals surface area contributed by atoms with Crippen LogP contribution in [0.15, 0.2) is 16.7 Å². The molecule has 0 aliphatic carbocycles. The Morgan fingerprint density at radius 1 is 1.62 bits per heavy atom. The standard InChI is InChI=1S/C8H6N2O3/c1-4-10-7-6(13-4)5(8(11)12)2-3-9-7/h2-3H,1H3,(H,11,12). The van der Waals surface area contributed by atoms with E-state index in [9.17, 15) is 4.79 Å². The topological polar surface area (TPSA) is 76.2 Å². The van der Waals surface area contributed by atoms with E-state index < -0.39 is 5.97 Å². The van der Waals surface area contributed by atoms with Crippen LogP contribution in [0.3, 0.4) is 0 Å². The molecule has 2 heterocycles. The van der Waals surface area contributed by atoms with E-state index in [1.165, 1.54) is 12.3 Å². The Morgan fingerprint density at radius 2 is 2.38 bits per heavy atom. The van der Waals surface area contributed by atoms with Crippen LogP contribution < -0.4 is 0 Å². The zero-order valence-corrected chi connectivity index (χ0v) is 6.81. The second kappa shape index (κ2) is 2.55. The third-order valence-corrected chi connectivity index (χ3v) is 1.63. The van der Waals surface area contributed by atoms with E-state index in [2.05, 4.69) is 9.97 Å².